The molecule has 1 aromatic carbocycles. The summed E-state index contributed by atoms with van der Waals surface area (Å²) in [6.07, 6.45) is 4.50. The van der Waals surface area contributed by atoms with Gasteiger partial charge in [0.05, 0.1) is 6.04 Å². The van der Waals surface area contributed by atoms with E-state index in [1.165, 1.54) is 16.7 Å². The molecule has 3 heteroatoms. The van der Waals surface area contributed by atoms with Crippen LogP contribution in [0.4, 0.5) is 0 Å². The van der Waals surface area contributed by atoms with Gasteiger partial charge < -0.3 is 0 Å². The van der Waals surface area contributed by atoms with Crippen LogP contribution < -0.4 is 11.3 Å². The molecule has 0 aliphatic carbocycles. The highest BCUT2D eigenvalue weighted by atomic mass is 15.2. The van der Waals surface area contributed by atoms with Crippen LogP contribution in [0.2, 0.25) is 0 Å². The van der Waals surface area contributed by atoms with Gasteiger partial charge in [0.1, 0.15) is 0 Å². The second-order valence-corrected chi connectivity index (χ2v) is 4.14. The predicted molar refractivity (Wildman–Crippen MR) is 69.2 cm³/mol. The Bertz CT molecular complexity index is 468. The Morgan fingerprint density at radius 3 is 2.71 bits per heavy atom. The van der Waals surface area contributed by atoms with Crippen molar-refractivity contribution in [2.75, 3.05) is 0 Å². The first-order chi connectivity index (χ1) is 8.31. The molecule has 0 aliphatic rings. The fraction of sp³-hybridized carbons (Fsp3) is 0.214. The largest absolute Gasteiger partial charge is 0.271 e. The van der Waals surface area contributed by atoms with Gasteiger partial charge in [-0.15, -0.1) is 0 Å². The maximum atomic E-state index is 5.65. The van der Waals surface area contributed by atoms with Gasteiger partial charge in [0.25, 0.3) is 0 Å². The maximum Gasteiger partial charge on any atom is 0.0503 e. The molecule has 2 rings (SSSR count). The lowest BCUT2D eigenvalue weighted by atomic mass is 9.97. The Morgan fingerprint density at radius 1 is 1.24 bits per heavy atom. The number of nitrogens with zero attached hydrogens (tertiary/aromatic N) is 1. The Kier molecular flexibility index (Phi) is 3.85. The molecule has 0 bridgehead atoms. The van der Waals surface area contributed by atoms with Crippen LogP contribution in [0.1, 0.15) is 22.7 Å². The second-order valence-electron chi connectivity index (χ2n) is 4.14. The number of nitrogens with one attached hydrogen (secondary N) is 1. The molecule has 3 nitrogen and oxygen atoms in total. The van der Waals surface area contributed by atoms with Gasteiger partial charge in [-0.05, 0) is 36.1 Å². The molecule has 0 fully saturated rings. The molecule has 1 unspecified atom stereocenters. The van der Waals surface area contributed by atoms with E-state index in [0.717, 1.165) is 6.42 Å². The summed E-state index contributed by atoms with van der Waals surface area (Å²) in [5, 5.41) is 0. The third-order valence-corrected chi connectivity index (χ3v) is 2.93. The van der Waals surface area contributed by atoms with Crippen LogP contribution in [0.3, 0.4) is 0 Å². The maximum absolute atomic E-state index is 5.65. The molecule has 17 heavy (non-hydrogen) atoms. The van der Waals surface area contributed by atoms with Gasteiger partial charge in [-0.2, -0.15) is 0 Å². The zero-order chi connectivity index (χ0) is 12.1. The first-order valence-electron chi connectivity index (χ1n) is 5.72. The molecular weight excluding hydrogens is 210 g/mol. The monoisotopic (exact) mass is 227 g/mol. The average molecular weight is 227 g/mol. The molecule has 88 valence electrons. The van der Waals surface area contributed by atoms with Gasteiger partial charge >= 0.3 is 0 Å². The van der Waals surface area contributed by atoms with E-state index in [1.54, 1.807) is 6.20 Å². The number of hydrazine groups is 1. The van der Waals surface area contributed by atoms with Crippen molar-refractivity contribution in [3.8, 4) is 0 Å². The van der Waals surface area contributed by atoms with Crippen LogP contribution in [0.5, 0.6) is 0 Å². The van der Waals surface area contributed by atoms with E-state index >= 15 is 0 Å². The molecule has 0 saturated heterocycles. The quantitative estimate of drug-likeness (QED) is 0.621. The predicted octanol–water partition coefficient (Wildman–Crippen LogP) is 2.14. The Morgan fingerprint density at radius 2 is 2.06 bits per heavy atom. The number of pyridine rings is 1. The van der Waals surface area contributed by atoms with Crippen molar-refractivity contribution >= 4 is 0 Å². The van der Waals surface area contributed by atoms with Gasteiger partial charge in [-0.25, -0.2) is 0 Å². The van der Waals surface area contributed by atoms with Crippen LogP contribution in [0, 0.1) is 6.92 Å². The average Bonchev–Trinajstić information content (AvgIpc) is 2.38. The number of nitrogens with two attached hydrogens (primary N) is 1. The van der Waals surface area contributed by atoms with Gasteiger partial charge in [-0.1, -0.05) is 30.3 Å². The third-order valence-electron chi connectivity index (χ3n) is 2.93. The molecule has 0 aliphatic heterocycles. The number of benzene rings is 1. The van der Waals surface area contributed by atoms with Gasteiger partial charge in [-0.3, -0.25) is 16.3 Å². The van der Waals surface area contributed by atoms with Crippen molar-refractivity contribution in [3.63, 3.8) is 0 Å². The van der Waals surface area contributed by atoms with Crippen molar-refractivity contribution in [3.05, 3.63) is 65.5 Å². The van der Waals surface area contributed by atoms with E-state index in [1.807, 2.05) is 24.4 Å². The second kappa shape index (κ2) is 5.57. The van der Waals surface area contributed by atoms with Crippen molar-refractivity contribution in [2.45, 2.75) is 19.4 Å². The summed E-state index contributed by atoms with van der Waals surface area (Å²) >= 11 is 0. The smallest absolute Gasteiger partial charge is 0.0503 e. The van der Waals surface area contributed by atoms with Crippen LogP contribution >= 0.6 is 0 Å². The Balaban J connectivity index is 2.21. The molecule has 2 aromatic rings. The molecule has 1 aromatic heterocycles. The first kappa shape index (κ1) is 11.8. The van der Waals surface area contributed by atoms with Crippen molar-refractivity contribution in [2.24, 2.45) is 5.84 Å². The van der Waals surface area contributed by atoms with E-state index in [9.17, 15) is 0 Å². The first-order valence-corrected chi connectivity index (χ1v) is 5.72. The molecule has 0 radical (unpaired) electrons. The minimum absolute atomic E-state index is 0.125. The summed E-state index contributed by atoms with van der Waals surface area (Å²) in [4.78, 5) is 4.12. The molecule has 0 amide bonds. The van der Waals surface area contributed by atoms with E-state index in [4.69, 9.17) is 5.84 Å². The van der Waals surface area contributed by atoms with E-state index in [2.05, 4.69) is 35.5 Å². The molecule has 0 saturated carbocycles. The number of aromatic nitrogens is 1. The summed E-state index contributed by atoms with van der Waals surface area (Å²) in [6.45, 7) is 2.10. The number of rotatable bonds is 4. The lowest BCUT2D eigenvalue weighted by Crippen LogP contribution is -2.30. The van der Waals surface area contributed by atoms with E-state index in [-0.39, 0.29) is 6.04 Å². The standard InChI is InChI=1S/C14H17N3/c1-11-5-2-3-7-13(11)14(17-15)9-12-6-4-8-16-10-12/h2-8,10,14,17H,9,15H2,1H3. The van der Waals surface area contributed by atoms with Crippen molar-refractivity contribution < 1.29 is 0 Å². The molecule has 1 atom stereocenters. The third kappa shape index (κ3) is 2.90. The molecule has 3 N–H and O–H groups in total. The summed E-state index contributed by atoms with van der Waals surface area (Å²) in [7, 11) is 0. The van der Waals surface area contributed by atoms with Crippen LogP contribution in [-0.2, 0) is 6.42 Å². The molecular formula is C14H17N3. The zero-order valence-corrected chi connectivity index (χ0v) is 9.93. The Labute approximate surface area is 102 Å². The minimum Gasteiger partial charge on any atom is -0.271 e. The van der Waals surface area contributed by atoms with E-state index < -0.39 is 0 Å². The molecule has 1 heterocycles. The fourth-order valence-electron chi connectivity index (χ4n) is 1.99. The van der Waals surface area contributed by atoms with Gasteiger partial charge in [0, 0.05) is 12.4 Å². The number of hydrogen-bond acceptors (Lipinski definition) is 3. The van der Waals surface area contributed by atoms with Gasteiger partial charge in [0.2, 0.25) is 0 Å². The minimum atomic E-state index is 0.125. The van der Waals surface area contributed by atoms with Crippen LogP contribution in [-0.4, -0.2) is 4.98 Å². The number of hydrogen-bond donors (Lipinski definition) is 2. The van der Waals surface area contributed by atoms with Crippen LogP contribution in [0.25, 0.3) is 0 Å². The zero-order valence-electron chi connectivity index (χ0n) is 9.93. The lowest BCUT2D eigenvalue weighted by molar-refractivity contribution is 0.548. The van der Waals surface area contributed by atoms with Gasteiger partial charge in [0.15, 0.2) is 0 Å². The number of aryl methyl sites for hydroxylation is 1. The SMILES string of the molecule is Cc1ccccc1C(Cc1cccnc1)NN. The summed E-state index contributed by atoms with van der Waals surface area (Å²) in [6, 6.07) is 12.4. The fourth-order valence-corrected chi connectivity index (χ4v) is 1.99. The van der Waals surface area contributed by atoms with E-state index in [0.29, 0.717) is 0 Å². The topological polar surface area (TPSA) is 50.9 Å². The summed E-state index contributed by atoms with van der Waals surface area (Å²) < 4.78 is 0. The highest BCUT2D eigenvalue weighted by molar-refractivity contribution is 5.30. The van der Waals surface area contributed by atoms with Crippen molar-refractivity contribution in [1.82, 2.24) is 10.4 Å². The summed E-state index contributed by atoms with van der Waals surface area (Å²) in [5.41, 5.74) is 6.54. The normalized spacial score (nSPS) is 12.4. The highest BCUT2D eigenvalue weighted by Gasteiger charge is 2.12. The van der Waals surface area contributed by atoms with Crippen LogP contribution in [0.15, 0.2) is 48.8 Å². The Hall–Kier alpha value is -1.71. The summed E-state index contributed by atoms with van der Waals surface area (Å²) in [5.74, 6) is 5.65. The molecule has 0 spiro atoms. The van der Waals surface area contributed by atoms with Crippen molar-refractivity contribution in [1.29, 1.82) is 0 Å². The lowest BCUT2D eigenvalue weighted by Gasteiger charge is -2.18. The highest BCUT2D eigenvalue weighted by Crippen LogP contribution is 2.20.